The van der Waals surface area contributed by atoms with E-state index in [-0.39, 0.29) is 23.7 Å². The van der Waals surface area contributed by atoms with Crippen molar-refractivity contribution in [3.8, 4) is 0 Å². The van der Waals surface area contributed by atoms with Crippen molar-refractivity contribution in [3.05, 3.63) is 93.5 Å². The highest BCUT2D eigenvalue weighted by Crippen LogP contribution is 2.46. The molecule has 0 fully saturated rings. The summed E-state index contributed by atoms with van der Waals surface area (Å²) < 4.78 is 19.7. The fourth-order valence-corrected chi connectivity index (χ4v) is 4.57. The number of hydrogen-bond acceptors (Lipinski definition) is 4. The number of fused-ring (bicyclic) bond motifs is 1. The molecule has 4 nitrogen and oxygen atoms in total. The third kappa shape index (κ3) is 3.54. The van der Waals surface area contributed by atoms with E-state index in [1.165, 1.54) is 13.2 Å². The maximum absolute atomic E-state index is 14.8. The van der Waals surface area contributed by atoms with Gasteiger partial charge >= 0.3 is 5.97 Å². The molecule has 2 aliphatic rings. The largest absolute Gasteiger partial charge is 0.466 e. The van der Waals surface area contributed by atoms with Gasteiger partial charge in [0.05, 0.1) is 18.6 Å². The van der Waals surface area contributed by atoms with Gasteiger partial charge in [-0.2, -0.15) is 0 Å². The number of methoxy groups -OCH3 is 1. The molecule has 0 radical (unpaired) electrons. The van der Waals surface area contributed by atoms with E-state index in [1.807, 2.05) is 18.2 Å². The molecule has 3 atom stereocenters. The van der Waals surface area contributed by atoms with Crippen molar-refractivity contribution < 1.29 is 18.7 Å². The molecule has 1 aliphatic heterocycles. The summed E-state index contributed by atoms with van der Waals surface area (Å²) in [7, 11) is 1.28. The monoisotopic (exact) mass is 425 g/mol. The summed E-state index contributed by atoms with van der Waals surface area (Å²) in [5.41, 5.74) is 2.81. The first-order chi connectivity index (χ1) is 14.4. The Morgan fingerprint density at radius 3 is 2.50 bits per heavy atom. The van der Waals surface area contributed by atoms with Gasteiger partial charge in [-0.25, -0.2) is 9.18 Å². The molecule has 2 aromatic rings. The quantitative estimate of drug-likeness (QED) is 0.713. The maximum Gasteiger partial charge on any atom is 0.336 e. The molecule has 0 amide bonds. The highest BCUT2D eigenvalue weighted by atomic mass is 35.5. The van der Waals surface area contributed by atoms with Crippen LogP contribution in [-0.2, 0) is 14.3 Å². The van der Waals surface area contributed by atoms with Gasteiger partial charge in [0.15, 0.2) is 0 Å². The van der Waals surface area contributed by atoms with Crippen LogP contribution in [0.25, 0.3) is 0 Å². The molecular weight excluding hydrogens is 405 g/mol. The predicted octanol–water partition coefficient (Wildman–Crippen LogP) is 4.87. The first-order valence-corrected chi connectivity index (χ1v) is 10.1. The van der Waals surface area contributed by atoms with Crippen molar-refractivity contribution in [2.45, 2.75) is 25.2 Å². The summed E-state index contributed by atoms with van der Waals surface area (Å²) in [4.78, 5) is 25.9. The van der Waals surface area contributed by atoms with Crippen LogP contribution in [0, 0.1) is 11.7 Å². The van der Waals surface area contributed by atoms with Crippen LogP contribution in [0.5, 0.6) is 0 Å². The average Bonchev–Trinajstić information content (AvgIpc) is 2.73. The molecule has 30 heavy (non-hydrogen) atoms. The lowest BCUT2D eigenvalue weighted by molar-refractivity contribution is -0.136. The molecule has 1 heterocycles. The Labute approximate surface area is 179 Å². The van der Waals surface area contributed by atoms with Crippen LogP contribution in [0.15, 0.2) is 71.6 Å². The van der Waals surface area contributed by atoms with Crippen molar-refractivity contribution in [1.29, 1.82) is 0 Å². The second kappa shape index (κ2) is 8.07. The fourth-order valence-electron chi connectivity index (χ4n) is 4.44. The summed E-state index contributed by atoms with van der Waals surface area (Å²) in [6.45, 7) is 1.74. The number of allylic oxidation sites excluding steroid dienone is 3. The lowest BCUT2D eigenvalue weighted by atomic mass is 9.68. The molecule has 4 rings (SSSR count). The van der Waals surface area contributed by atoms with Gasteiger partial charge in [0.25, 0.3) is 0 Å². The van der Waals surface area contributed by atoms with Gasteiger partial charge in [0.1, 0.15) is 11.6 Å². The number of ether oxygens (including phenoxy) is 1. The Morgan fingerprint density at radius 1 is 1.13 bits per heavy atom. The second-order valence-electron chi connectivity index (χ2n) is 7.58. The lowest BCUT2D eigenvalue weighted by Gasteiger charge is -2.39. The zero-order valence-corrected chi connectivity index (χ0v) is 17.4. The molecular formula is C24H21ClFNO3. The molecule has 0 aromatic heterocycles. The van der Waals surface area contributed by atoms with Crippen molar-refractivity contribution in [1.82, 2.24) is 5.32 Å². The Hall–Kier alpha value is -2.92. The van der Waals surface area contributed by atoms with E-state index in [1.54, 1.807) is 37.3 Å². The topological polar surface area (TPSA) is 55.4 Å². The molecule has 0 bridgehead atoms. The normalized spacial score (nSPS) is 23.4. The van der Waals surface area contributed by atoms with Crippen molar-refractivity contribution in [2.75, 3.05) is 7.11 Å². The predicted molar refractivity (Wildman–Crippen MR) is 112 cm³/mol. The van der Waals surface area contributed by atoms with Gasteiger partial charge < -0.3 is 10.1 Å². The van der Waals surface area contributed by atoms with E-state index < -0.39 is 23.6 Å². The summed E-state index contributed by atoms with van der Waals surface area (Å²) in [6.07, 6.45) is 2.26. The Balaban J connectivity index is 1.85. The molecule has 0 saturated carbocycles. The standard InChI is InChI=1S/C24H21ClFNO3/c1-13-21(24(29)30-2)22(17-5-3-4-6-18(17)26)23-19(27-13)11-15(12-20(23)28)14-7-9-16(25)10-8-14/h3-11,15,22-23,27H,12H2,1-2H3. The highest BCUT2D eigenvalue weighted by molar-refractivity contribution is 6.30. The van der Waals surface area contributed by atoms with Crippen LogP contribution in [0.1, 0.15) is 36.3 Å². The summed E-state index contributed by atoms with van der Waals surface area (Å²) in [5.74, 6) is -2.62. The summed E-state index contributed by atoms with van der Waals surface area (Å²) in [6, 6.07) is 13.6. The number of esters is 1. The number of ketones is 1. The van der Waals surface area contributed by atoms with Crippen LogP contribution >= 0.6 is 11.6 Å². The zero-order valence-electron chi connectivity index (χ0n) is 16.6. The van der Waals surface area contributed by atoms with Crippen LogP contribution in [-0.4, -0.2) is 18.9 Å². The van der Waals surface area contributed by atoms with E-state index in [2.05, 4.69) is 5.32 Å². The van der Waals surface area contributed by atoms with Gasteiger partial charge in [-0.05, 0) is 36.2 Å². The maximum atomic E-state index is 14.8. The van der Waals surface area contributed by atoms with Crippen LogP contribution in [0.4, 0.5) is 4.39 Å². The van der Waals surface area contributed by atoms with Crippen molar-refractivity contribution in [2.24, 2.45) is 5.92 Å². The van der Waals surface area contributed by atoms with Gasteiger partial charge in [0, 0.05) is 34.7 Å². The Bertz CT molecular complexity index is 1070. The van der Waals surface area contributed by atoms with Gasteiger partial charge in [-0.15, -0.1) is 0 Å². The molecule has 154 valence electrons. The van der Waals surface area contributed by atoms with Gasteiger partial charge in [0.2, 0.25) is 0 Å². The van der Waals surface area contributed by atoms with Crippen LogP contribution in [0.2, 0.25) is 5.02 Å². The minimum absolute atomic E-state index is 0.0536. The number of carbonyl (C=O) groups excluding carboxylic acids is 2. The highest BCUT2D eigenvalue weighted by Gasteiger charge is 2.45. The molecule has 1 aliphatic carbocycles. The van der Waals surface area contributed by atoms with E-state index >= 15 is 0 Å². The number of benzene rings is 2. The molecule has 1 N–H and O–H groups in total. The van der Waals surface area contributed by atoms with Crippen LogP contribution in [0.3, 0.4) is 0 Å². The zero-order chi connectivity index (χ0) is 21.4. The molecule has 6 heteroatoms. The molecule has 0 spiro atoms. The van der Waals surface area contributed by atoms with E-state index in [0.717, 1.165) is 5.56 Å². The molecule has 2 aromatic carbocycles. The Morgan fingerprint density at radius 2 is 1.83 bits per heavy atom. The van der Waals surface area contributed by atoms with Crippen LogP contribution < -0.4 is 5.32 Å². The average molecular weight is 426 g/mol. The third-order valence-electron chi connectivity index (χ3n) is 5.81. The smallest absolute Gasteiger partial charge is 0.336 e. The molecule has 0 saturated heterocycles. The lowest BCUT2D eigenvalue weighted by Crippen LogP contribution is -2.42. The number of hydrogen-bond donors (Lipinski definition) is 1. The second-order valence-corrected chi connectivity index (χ2v) is 8.02. The first-order valence-electron chi connectivity index (χ1n) is 9.71. The van der Waals surface area contributed by atoms with E-state index in [9.17, 15) is 14.0 Å². The van der Waals surface area contributed by atoms with Gasteiger partial charge in [-0.1, -0.05) is 48.0 Å². The van der Waals surface area contributed by atoms with E-state index in [4.69, 9.17) is 16.3 Å². The number of carbonyl (C=O) groups is 2. The number of halogens is 2. The van der Waals surface area contributed by atoms with E-state index in [0.29, 0.717) is 22.0 Å². The fraction of sp³-hybridized carbons (Fsp3) is 0.250. The van der Waals surface area contributed by atoms with Crippen molar-refractivity contribution in [3.63, 3.8) is 0 Å². The van der Waals surface area contributed by atoms with Gasteiger partial charge in [-0.3, -0.25) is 4.79 Å². The molecule has 3 unspecified atom stereocenters. The minimum Gasteiger partial charge on any atom is -0.466 e. The minimum atomic E-state index is -0.746. The van der Waals surface area contributed by atoms with Crippen molar-refractivity contribution >= 4 is 23.4 Å². The number of Topliss-reactive ketones (excluding diaryl/α,β-unsaturated/α-hetero) is 1. The first kappa shape index (κ1) is 20.4. The Kier molecular flexibility index (Phi) is 5.48. The third-order valence-corrected chi connectivity index (χ3v) is 6.06. The number of nitrogens with one attached hydrogen (secondary N) is 1. The summed E-state index contributed by atoms with van der Waals surface area (Å²) in [5, 5.41) is 3.84. The SMILES string of the molecule is COC(=O)C1=C(C)NC2=CC(c3ccc(Cl)cc3)CC(=O)C2C1c1ccccc1F. The number of rotatable bonds is 3. The summed E-state index contributed by atoms with van der Waals surface area (Å²) >= 11 is 5.99.